The number of hydrogen-bond acceptors (Lipinski definition) is 3. The molecule has 3 N–H and O–H groups in total. The maximum atomic E-state index is 12.0. The molecule has 5 nitrogen and oxygen atoms in total. The number of fused-ring (bicyclic) bond motifs is 1. The summed E-state index contributed by atoms with van der Waals surface area (Å²) < 4.78 is 0. The first kappa shape index (κ1) is 14.5. The molecule has 0 aromatic carbocycles. The van der Waals surface area contributed by atoms with Crippen LogP contribution in [0.2, 0.25) is 0 Å². The second-order valence-corrected chi connectivity index (χ2v) is 6.06. The molecule has 1 amide bonds. The van der Waals surface area contributed by atoms with E-state index in [0.717, 1.165) is 16.6 Å². The Hall–Kier alpha value is -1.88. The number of rotatable bonds is 4. The molecule has 0 saturated heterocycles. The predicted molar refractivity (Wildman–Crippen MR) is 80.3 cm³/mol. The Kier molecular flexibility index (Phi) is 4.09. The van der Waals surface area contributed by atoms with Crippen LogP contribution >= 0.6 is 0 Å². The molecular formula is C15H22N4O. The molecule has 0 spiro atoms. The molecular weight excluding hydrogens is 252 g/mol. The number of nitrogens with one attached hydrogen (secondary N) is 3. The van der Waals surface area contributed by atoms with Gasteiger partial charge in [-0.1, -0.05) is 0 Å². The lowest BCUT2D eigenvalue weighted by Gasteiger charge is -2.23. The second kappa shape index (κ2) is 5.63. The minimum atomic E-state index is -0.240. The Morgan fingerprint density at radius 3 is 2.90 bits per heavy atom. The van der Waals surface area contributed by atoms with Crippen LogP contribution in [0.25, 0.3) is 11.0 Å². The summed E-state index contributed by atoms with van der Waals surface area (Å²) in [6.07, 6.45) is 3.69. The van der Waals surface area contributed by atoms with Crippen LogP contribution in [0.3, 0.4) is 0 Å². The zero-order valence-electron chi connectivity index (χ0n) is 12.4. The summed E-state index contributed by atoms with van der Waals surface area (Å²) in [6.45, 7) is 8.42. The number of amides is 1. The largest absolute Gasteiger partial charge is 0.350 e. The molecule has 0 aliphatic rings. The molecule has 1 atom stereocenters. The Labute approximate surface area is 119 Å². The molecule has 0 radical (unpaired) electrons. The molecule has 0 bridgehead atoms. The average molecular weight is 274 g/mol. The summed E-state index contributed by atoms with van der Waals surface area (Å²) in [5.74, 6) is 0.00969. The summed E-state index contributed by atoms with van der Waals surface area (Å²) in [5.41, 5.74) is 1.78. The van der Waals surface area contributed by atoms with Crippen LogP contribution in [0, 0.1) is 0 Å². The van der Waals surface area contributed by atoms with Gasteiger partial charge in [-0.05, 0) is 45.4 Å². The van der Waals surface area contributed by atoms with E-state index in [1.165, 1.54) is 0 Å². The zero-order valence-corrected chi connectivity index (χ0v) is 12.4. The van der Waals surface area contributed by atoms with Gasteiger partial charge in [0.15, 0.2) is 0 Å². The summed E-state index contributed by atoms with van der Waals surface area (Å²) in [7, 11) is 0. The van der Waals surface area contributed by atoms with Crippen molar-refractivity contribution in [1.82, 2.24) is 20.6 Å². The molecule has 0 aliphatic heterocycles. The normalized spacial score (nSPS) is 13.4. The van der Waals surface area contributed by atoms with E-state index in [0.29, 0.717) is 6.54 Å². The lowest BCUT2D eigenvalue weighted by molar-refractivity contribution is -0.124. The lowest BCUT2D eigenvalue weighted by atomic mass is 10.1. The first-order chi connectivity index (χ1) is 9.37. The van der Waals surface area contributed by atoms with Crippen LogP contribution in [-0.2, 0) is 11.3 Å². The van der Waals surface area contributed by atoms with E-state index in [4.69, 9.17) is 0 Å². The molecule has 2 aromatic heterocycles. The van der Waals surface area contributed by atoms with Gasteiger partial charge in [0.2, 0.25) is 5.91 Å². The fourth-order valence-electron chi connectivity index (χ4n) is 1.99. The fraction of sp³-hybridized carbons (Fsp3) is 0.467. The van der Waals surface area contributed by atoms with Gasteiger partial charge in [-0.15, -0.1) is 0 Å². The molecule has 2 rings (SSSR count). The topological polar surface area (TPSA) is 69.8 Å². The smallest absolute Gasteiger partial charge is 0.237 e. The lowest BCUT2D eigenvalue weighted by Crippen LogP contribution is -2.49. The van der Waals surface area contributed by atoms with Crippen molar-refractivity contribution >= 4 is 16.9 Å². The maximum Gasteiger partial charge on any atom is 0.237 e. The van der Waals surface area contributed by atoms with Crippen molar-refractivity contribution < 1.29 is 4.79 Å². The van der Waals surface area contributed by atoms with Crippen molar-refractivity contribution in [2.24, 2.45) is 0 Å². The summed E-state index contributed by atoms with van der Waals surface area (Å²) in [6, 6.07) is 3.70. The van der Waals surface area contributed by atoms with E-state index in [1.54, 1.807) is 6.20 Å². The van der Waals surface area contributed by atoms with Gasteiger partial charge < -0.3 is 15.6 Å². The number of aromatic nitrogens is 2. The van der Waals surface area contributed by atoms with E-state index in [1.807, 2.05) is 46.0 Å². The Morgan fingerprint density at radius 2 is 2.20 bits per heavy atom. The summed E-state index contributed by atoms with van der Waals surface area (Å²) in [4.78, 5) is 19.4. The molecule has 108 valence electrons. The maximum absolute atomic E-state index is 12.0. The van der Waals surface area contributed by atoms with Crippen LogP contribution in [0.1, 0.15) is 33.3 Å². The van der Waals surface area contributed by atoms with Crippen molar-refractivity contribution in [3.63, 3.8) is 0 Å². The number of hydrogen-bond donors (Lipinski definition) is 3. The quantitative estimate of drug-likeness (QED) is 0.798. The van der Waals surface area contributed by atoms with Crippen LogP contribution in [0.4, 0.5) is 0 Å². The number of carbonyl (C=O) groups excluding carboxylic acids is 1. The molecule has 2 heterocycles. The van der Waals surface area contributed by atoms with Gasteiger partial charge in [0.05, 0.1) is 6.04 Å². The van der Waals surface area contributed by atoms with Gasteiger partial charge in [-0.3, -0.25) is 4.79 Å². The van der Waals surface area contributed by atoms with Gasteiger partial charge in [0.25, 0.3) is 0 Å². The highest BCUT2D eigenvalue weighted by molar-refractivity contribution is 5.82. The highest BCUT2D eigenvalue weighted by Crippen LogP contribution is 2.15. The highest BCUT2D eigenvalue weighted by Gasteiger charge is 2.19. The van der Waals surface area contributed by atoms with Gasteiger partial charge in [-0.2, -0.15) is 0 Å². The van der Waals surface area contributed by atoms with Crippen LogP contribution < -0.4 is 10.6 Å². The second-order valence-electron chi connectivity index (χ2n) is 6.06. The fourth-order valence-corrected chi connectivity index (χ4v) is 1.99. The van der Waals surface area contributed by atoms with Crippen molar-refractivity contribution in [1.29, 1.82) is 0 Å². The number of H-pyrrole nitrogens is 1. The molecule has 5 heteroatoms. The molecule has 0 fully saturated rings. The van der Waals surface area contributed by atoms with Crippen LogP contribution in [0.5, 0.6) is 0 Å². The average Bonchev–Trinajstić information content (AvgIpc) is 2.77. The van der Waals surface area contributed by atoms with Crippen molar-refractivity contribution in [3.05, 3.63) is 30.1 Å². The Morgan fingerprint density at radius 1 is 1.45 bits per heavy atom. The molecule has 20 heavy (non-hydrogen) atoms. The molecule has 1 unspecified atom stereocenters. The Bertz CT molecular complexity index is 597. The molecule has 2 aromatic rings. The number of carbonyl (C=O) groups is 1. The first-order valence-corrected chi connectivity index (χ1v) is 6.83. The van der Waals surface area contributed by atoms with E-state index >= 15 is 0 Å². The van der Waals surface area contributed by atoms with E-state index in [-0.39, 0.29) is 17.5 Å². The van der Waals surface area contributed by atoms with Crippen LogP contribution in [0.15, 0.2) is 24.5 Å². The third-order valence-corrected chi connectivity index (χ3v) is 3.03. The highest BCUT2D eigenvalue weighted by atomic mass is 16.2. The summed E-state index contributed by atoms with van der Waals surface area (Å²) in [5, 5.41) is 7.29. The summed E-state index contributed by atoms with van der Waals surface area (Å²) >= 11 is 0. The van der Waals surface area contributed by atoms with Gasteiger partial charge in [0, 0.05) is 29.9 Å². The van der Waals surface area contributed by atoms with Gasteiger partial charge in [-0.25, -0.2) is 4.98 Å². The third-order valence-electron chi connectivity index (χ3n) is 3.03. The SMILES string of the molecule is CC(NCc1c[nH]c2ncccc12)C(=O)NC(C)(C)C. The number of pyridine rings is 1. The minimum Gasteiger partial charge on any atom is -0.350 e. The predicted octanol–water partition coefficient (Wildman–Crippen LogP) is 1.96. The first-order valence-electron chi connectivity index (χ1n) is 6.83. The molecule has 0 aliphatic carbocycles. The standard InChI is InChI=1S/C15H22N4O/c1-10(14(20)19-15(2,3)4)17-8-11-9-18-13-12(11)6-5-7-16-13/h5-7,9-10,17H,8H2,1-4H3,(H,16,18)(H,19,20). The van der Waals surface area contributed by atoms with Crippen molar-refractivity contribution in [2.75, 3.05) is 0 Å². The van der Waals surface area contributed by atoms with E-state index in [2.05, 4.69) is 20.6 Å². The van der Waals surface area contributed by atoms with Gasteiger partial charge in [0.1, 0.15) is 5.65 Å². The van der Waals surface area contributed by atoms with E-state index < -0.39 is 0 Å². The monoisotopic (exact) mass is 274 g/mol. The van der Waals surface area contributed by atoms with E-state index in [9.17, 15) is 4.79 Å². The zero-order chi connectivity index (χ0) is 14.8. The Balaban J connectivity index is 1.96. The number of aromatic amines is 1. The number of nitrogens with zero attached hydrogens (tertiary/aromatic N) is 1. The third kappa shape index (κ3) is 3.57. The minimum absolute atomic E-state index is 0.00969. The molecule has 0 saturated carbocycles. The van der Waals surface area contributed by atoms with Crippen molar-refractivity contribution in [3.8, 4) is 0 Å². The van der Waals surface area contributed by atoms with Crippen LogP contribution in [-0.4, -0.2) is 27.5 Å². The van der Waals surface area contributed by atoms with Gasteiger partial charge >= 0.3 is 0 Å². The van der Waals surface area contributed by atoms with Crippen molar-refractivity contribution in [2.45, 2.75) is 45.8 Å².